The predicted molar refractivity (Wildman–Crippen MR) is 84.7 cm³/mol. The van der Waals surface area contributed by atoms with E-state index in [2.05, 4.69) is 27.9 Å². The monoisotopic (exact) mass is 299 g/mol. The number of carbonyl (C=O) groups is 1. The van der Waals surface area contributed by atoms with Gasteiger partial charge in [0, 0.05) is 11.6 Å². The van der Waals surface area contributed by atoms with Crippen molar-refractivity contribution in [2.24, 2.45) is 0 Å². The van der Waals surface area contributed by atoms with E-state index in [1.807, 2.05) is 18.2 Å². The van der Waals surface area contributed by atoms with Crippen molar-refractivity contribution in [1.82, 2.24) is 10.5 Å². The summed E-state index contributed by atoms with van der Waals surface area (Å²) in [5, 5.41) is 9.70. The number of aryl methyl sites for hydroxylation is 1. The Morgan fingerprint density at radius 3 is 2.64 bits per heavy atom. The number of aromatic nitrogens is 1. The maximum absolute atomic E-state index is 12.3. The molecule has 22 heavy (non-hydrogen) atoms. The Hall–Kier alpha value is -2.30. The molecular weight excluding hydrogens is 278 g/mol. The number of carbonyl (C=O) groups excluding carboxylic acids is 1. The van der Waals surface area contributed by atoms with Crippen LogP contribution in [0.1, 0.15) is 37.0 Å². The summed E-state index contributed by atoms with van der Waals surface area (Å²) in [6.07, 6.45) is 5.17. The van der Waals surface area contributed by atoms with E-state index in [9.17, 15) is 4.79 Å². The van der Waals surface area contributed by atoms with E-state index >= 15 is 0 Å². The van der Waals surface area contributed by atoms with Crippen LogP contribution in [-0.4, -0.2) is 16.7 Å². The number of benzene rings is 1. The van der Waals surface area contributed by atoms with E-state index in [1.165, 1.54) is 5.56 Å². The van der Waals surface area contributed by atoms with Crippen molar-refractivity contribution in [3.63, 3.8) is 0 Å². The van der Waals surface area contributed by atoms with Crippen LogP contribution in [0.25, 0.3) is 0 Å². The largest absolute Gasteiger partial charge is 0.360 e. The zero-order chi connectivity index (χ0) is 15.4. The highest BCUT2D eigenvalue weighted by Crippen LogP contribution is 2.33. The van der Waals surface area contributed by atoms with Gasteiger partial charge in [-0.15, -0.1) is 0 Å². The molecule has 0 radical (unpaired) electrons. The molecule has 2 amide bonds. The highest BCUT2D eigenvalue weighted by Gasteiger charge is 2.35. The number of nitrogens with one attached hydrogen (secondary N) is 2. The highest BCUT2D eigenvalue weighted by molar-refractivity contribution is 5.88. The Bertz CT molecular complexity index is 630. The first-order chi connectivity index (χ1) is 10.7. The molecule has 1 aromatic carbocycles. The Morgan fingerprint density at radius 2 is 2.00 bits per heavy atom. The molecule has 0 atom stereocenters. The standard InChI is InChI=1S/C17H21N3O2/c1-13-11-15(20-22-13)18-16(21)19-17(9-5-6-10-17)12-14-7-3-2-4-8-14/h2-4,7-8,11H,5-6,9-10,12H2,1H3,(H2,18,19,20,21). The molecule has 0 bridgehead atoms. The molecule has 0 unspecified atom stereocenters. The summed E-state index contributed by atoms with van der Waals surface area (Å²) >= 11 is 0. The minimum atomic E-state index is -0.217. The maximum Gasteiger partial charge on any atom is 0.320 e. The third-order valence-corrected chi connectivity index (χ3v) is 4.19. The van der Waals surface area contributed by atoms with Crippen molar-refractivity contribution in [3.05, 3.63) is 47.7 Å². The summed E-state index contributed by atoms with van der Waals surface area (Å²) in [4.78, 5) is 12.3. The summed E-state index contributed by atoms with van der Waals surface area (Å²) in [5.74, 6) is 1.12. The number of rotatable bonds is 4. The van der Waals surface area contributed by atoms with Gasteiger partial charge in [-0.3, -0.25) is 5.32 Å². The molecule has 1 fully saturated rings. The lowest BCUT2D eigenvalue weighted by molar-refractivity contribution is 0.235. The SMILES string of the molecule is Cc1cc(NC(=O)NC2(Cc3ccccc3)CCCC2)no1. The first-order valence-electron chi connectivity index (χ1n) is 7.72. The van der Waals surface area contributed by atoms with E-state index in [0.717, 1.165) is 32.1 Å². The molecule has 2 N–H and O–H groups in total. The molecule has 5 nitrogen and oxygen atoms in total. The predicted octanol–water partition coefficient (Wildman–Crippen LogP) is 3.66. The third kappa shape index (κ3) is 3.47. The normalized spacial score (nSPS) is 16.4. The van der Waals surface area contributed by atoms with Gasteiger partial charge in [0.25, 0.3) is 0 Å². The Balaban J connectivity index is 1.67. The first kappa shape index (κ1) is 14.6. The van der Waals surface area contributed by atoms with Crippen molar-refractivity contribution in [2.45, 2.75) is 44.6 Å². The van der Waals surface area contributed by atoms with Crippen molar-refractivity contribution in [2.75, 3.05) is 5.32 Å². The lowest BCUT2D eigenvalue weighted by Gasteiger charge is -2.30. The third-order valence-electron chi connectivity index (χ3n) is 4.19. The summed E-state index contributed by atoms with van der Waals surface area (Å²) < 4.78 is 4.96. The van der Waals surface area contributed by atoms with Gasteiger partial charge in [0.2, 0.25) is 0 Å². The second kappa shape index (κ2) is 6.22. The van der Waals surface area contributed by atoms with Crippen molar-refractivity contribution >= 4 is 11.8 Å². The van der Waals surface area contributed by atoms with E-state index in [4.69, 9.17) is 4.52 Å². The summed E-state index contributed by atoms with van der Waals surface area (Å²) in [6, 6.07) is 11.8. The lowest BCUT2D eigenvalue weighted by Crippen LogP contribution is -2.49. The maximum atomic E-state index is 12.3. The van der Waals surface area contributed by atoms with E-state index in [-0.39, 0.29) is 11.6 Å². The fraction of sp³-hybridized carbons (Fsp3) is 0.412. The average molecular weight is 299 g/mol. The van der Waals surface area contributed by atoms with Gasteiger partial charge in [0.1, 0.15) is 5.76 Å². The van der Waals surface area contributed by atoms with Crippen molar-refractivity contribution in [1.29, 1.82) is 0 Å². The van der Waals surface area contributed by atoms with Crippen LogP contribution < -0.4 is 10.6 Å². The molecule has 0 spiro atoms. The number of amides is 2. The van der Waals surface area contributed by atoms with Gasteiger partial charge in [0.15, 0.2) is 5.82 Å². The van der Waals surface area contributed by atoms with Crippen LogP contribution in [0.2, 0.25) is 0 Å². The van der Waals surface area contributed by atoms with Gasteiger partial charge in [-0.05, 0) is 31.7 Å². The molecule has 1 aliphatic carbocycles. The molecule has 116 valence electrons. The lowest BCUT2D eigenvalue weighted by atomic mass is 9.89. The van der Waals surface area contributed by atoms with Crippen LogP contribution in [0.5, 0.6) is 0 Å². The molecule has 1 heterocycles. The Morgan fingerprint density at radius 1 is 1.27 bits per heavy atom. The summed E-state index contributed by atoms with van der Waals surface area (Å²) in [5.41, 5.74) is 1.09. The fourth-order valence-electron chi connectivity index (χ4n) is 3.20. The molecule has 0 saturated heterocycles. The minimum Gasteiger partial charge on any atom is -0.360 e. The van der Waals surface area contributed by atoms with Crippen LogP contribution in [0.3, 0.4) is 0 Å². The number of anilines is 1. The number of nitrogens with zero attached hydrogens (tertiary/aromatic N) is 1. The van der Waals surface area contributed by atoms with Crippen LogP contribution in [-0.2, 0) is 6.42 Å². The molecule has 2 aromatic rings. The quantitative estimate of drug-likeness (QED) is 0.905. The smallest absolute Gasteiger partial charge is 0.320 e. The fourth-order valence-corrected chi connectivity index (χ4v) is 3.20. The van der Waals surface area contributed by atoms with Crippen molar-refractivity contribution in [3.8, 4) is 0 Å². The van der Waals surface area contributed by atoms with Gasteiger partial charge in [0.05, 0.1) is 0 Å². The second-order valence-corrected chi connectivity index (χ2v) is 6.05. The van der Waals surface area contributed by atoms with Gasteiger partial charge in [-0.2, -0.15) is 0 Å². The Kier molecular flexibility index (Phi) is 4.13. The molecule has 1 aromatic heterocycles. The van der Waals surface area contributed by atoms with Crippen LogP contribution >= 0.6 is 0 Å². The zero-order valence-electron chi connectivity index (χ0n) is 12.8. The van der Waals surface area contributed by atoms with Crippen molar-refractivity contribution < 1.29 is 9.32 Å². The molecular formula is C17H21N3O2. The molecule has 3 rings (SSSR count). The minimum absolute atomic E-state index is 0.162. The van der Waals surface area contributed by atoms with Crippen LogP contribution in [0, 0.1) is 6.92 Å². The Labute approximate surface area is 130 Å². The molecule has 1 aliphatic rings. The molecule has 0 aliphatic heterocycles. The average Bonchev–Trinajstić information content (AvgIpc) is 3.09. The van der Waals surface area contributed by atoms with Gasteiger partial charge < -0.3 is 9.84 Å². The van der Waals surface area contributed by atoms with Gasteiger partial charge >= 0.3 is 6.03 Å². The molecule has 5 heteroatoms. The van der Waals surface area contributed by atoms with E-state index < -0.39 is 0 Å². The number of urea groups is 1. The molecule has 1 saturated carbocycles. The van der Waals surface area contributed by atoms with Crippen LogP contribution in [0.4, 0.5) is 10.6 Å². The second-order valence-electron chi connectivity index (χ2n) is 6.05. The van der Waals surface area contributed by atoms with Gasteiger partial charge in [-0.25, -0.2) is 4.79 Å². The number of hydrogen-bond donors (Lipinski definition) is 2. The van der Waals surface area contributed by atoms with E-state index in [1.54, 1.807) is 13.0 Å². The van der Waals surface area contributed by atoms with E-state index in [0.29, 0.717) is 11.6 Å². The first-order valence-corrected chi connectivity index (χ1v) is 7.72. The summed E-state index contributed by atoms with van der Waals surface area (Å²) in [6.45, 7) is 1.80. The van der Waals surface area contributed by atoms with Gasteiger partial charge in [-0.1, -0.05) is 48.3 Å². The summed E-state index contributed by atoms with van der Waals surface area (Å²) in [7, 11) is 0. The topological polar surface area (TPSA) is 67.2 Å². The number of hydrogen-bond acceptors (Lipinski definition) is 3. The van der Waals surface area contributed by atoms with Crippen LogP contribution in [0.15, 0.2) is 40.9 Å². The zero-order valence-corrected chi connectivity index (χ0v) is 12.8. The highest BCUT2D eigenvalue weighted by atomic mass is 16.5.